The van der Waals surface area contributed by atoms with Crippen molar-refractivity contribution in [2.45, 2.75) is 25.8 Å². The van der Waals surface area contributed by atoms with Gasteiger partial charge in [-0.2, -0.15) is 0 Å². The quantitative estimate of drug-likeness (QED) is 0.784. The van der Waals surface area contributed by atoms with Crippen LogP contribution >= 0.6 is 0 Å². The van der Waals surface area contributed by atoms with Gasteiger partial charge < -0.3 is 9.15 Å². The Balaban J connectivity index is 1.52. The lowest BCUT2D eigenvalue weighted by Gasteiger charge is -2.31. The summed E-state index contributed by atoms with van der Waals surface area (Å²) in [4.78, 5) is 14.0. The van der Waals surface area contributed by atoms with Gasteiger partial charge in [-0.15, -0.1) is 0 Å². The average Bonchev–Trinajstić information content (AvgIpc) is 3.04. The van der Waals surface area contributed by atoms with Gasteiger partial charge in [-0.3, -0.25) is 4.90 Å². The lowest BCUT2D eigenvalue weighted by atomic mass is 9.90. The standard InChI is InChI=1S/C19H22FNO3/c1-23-19(22)18-16(7-10-24-18)13-21-8-5-14(6-9-21)11-15-3-2-4-17(20)12-15/h2-4,7,10,12,14H,5-6,8-9,11,13H2,1H3. The minimum absolute atomic E-state index is 0.166. The van der Waals surface area contributed by atoms with Crippen LogP contribution < -0.4 is 0 Å². The Hall–Kier alpha value is -2.14. The highest BCUT2D eigenvalue weighted by molar-refractivity contribution is 5.87. The Kier molecular flexibility index (Phi) is 5.30. The topological polar surface area (TPSA) is 42.7 Å². The van der Waals surface area contributed by atoms with E-state index in [1.807, 2.05) is 12.1 Å². The van der Waals surface area contributed by atoms with Crippen LogP contribution in [0.1, 0.15) is 34.5 Å². The summed E-state index contributed by atoms with van der Waals surface area (Å²) in [6.07, 6.45) is 4.59. The zero-order valence-corrected chi connectivity index (χ0v) is 13.8. The van der Waals surface area contributed by atoms with Crippen molar-refractivity contribution >= 4 is 5.97 Å². The van der Waals surface area contributed by atoms with E-state index < -0.39 is 5.97 Å². The number of furan rings is 1. The summed E-state index contributed by atoms with van der Waals surface area (Å²) in [5.41, 5.74) is 1.93. The fourth-order valence-electron chi connectivity index (χ4n) is 3.32. The van der Waals surface area contributed by atoms with Gasteiger partial charge in [-0.25, -0.2) is 9.18 Å². The summed E-state index contributed by atoms with van der Waals surface area (Å²) in [6.45, 7) is 2.62. The fraction of sp³-hybridized carbons (Fsp3) is 0.421. The number of carbonyl (C=O) groups is 1. The van der Waals surface area contributed by atoms with Crippen molar-refractivity contribution in [2.75, 3.05) is 20.2 Å². The maximum Gasteiger partial charge on any atom is 0.374 e. The van der Waals surface area contributed by atoms with Gasteiger partial charge in [-0.1, -0.05) is 12.1 Å². The van der Waals surface area contributed by atoms with E-state index in [4.69, 9.17) is 9.15 Å². The highest BCUT2D eigenvalue weighted by Gasteiger charge is 2.23. The van der Waals surface area contributed by atoms with Crippen molar-refractivity contribution < 1.29 is 18.3 Å². The Labute approximate surface area is 141 Å². The SMILES string of the molecule is COC(=O)c1occc1CN1CCC(Cc2cccc(F)c2)CC1. The van der Waals surface area contributed by atoms with Crippen LogP contribution in [0.25, 0.3) is 0 Å². The van der Waals surface area contributed by atoms with Crippen molar-refractivity contribution in [2.24, 2.45) is 5.92 Å². The number of halogens is 1. The number of hydrogen-bond donors (Lipinski definition) is 0. The number of methoxy groups -OCH3 is 1. The summed E-state index contributed by atoms with van der Waals surface area (Å²) in [7, 11) is 1.35. The maximum absolute atomic E-state index is 13.3. The number of piperidine rings is 1. The number of likely N-dealkylation sites (tertiary alicyclic amines) is 1. The van der Waals surface area contributed by atoms with Crippen LogP contribution in [0.4, 0.5) is 4.39 Å². The zero-order valence-electron chi connectivity index (χ0n) is 13.8. The Morgan fingerprint density at radius 3 is 2.83 bits per heavy atom. The summed E-state index contributed by atoms with van der Waals surface area (Å²) in [6, 6.07) is 8.69. The first-order valence-electron chi connectivity index (χ1n) is 8.27. The smallest absolute Gasteiger partial charge is 0.374 e. The van der Waals surface area contributed by atoms with E-state index in [9.17, 15) is 9.18 Å². The fourth-order valence-corrected chi connectivity index (χ4v) is 3.32. The molecule has 2 heterocycles. The van der Waals surface area contributed by atoms with Gasteiger partial charge >= 0.3 is 5.97 Å². The van der Waals surface area contributed by atoms with Crippen LogP contribution in [0.15, 0.2) is 41.0 Å². The zero-order chi connectivity index (χ0) is 16.9. The van der Waals surface area contributed by atoms with Gasteiger partial charge in [0.25, 0.3) is 0 Å². The number of hydrogen-bond acceptors (Lipinski definition) is 4. The molecule has 0 aliphatic carbocycles. The van der Waals surface area contributed by atoms with E-state index in [-0.39, 0.29) is 5.82 Å². The molecule has 3 rings (SSSR count). The predicted molar refractivity (Wildman–Crippen MR) is 88.2 cm³/mol. The van der Waals surface area contributed by atoms with Crippen LogP contribution in [0.2, 0.25) is 0 Å². The number of esters is 1. The van der Waals surface area contributed by atoms with Crippen LogP contribution in [0.5, 0.6) is 0 Å². The molecule has 1 saturated heterocycles. The maximum atomic E-state index is 13.3. The molecule has 1 aliphatic heterocycles. The predicted octanol–water partition coefficient (Wildman–Crippen LogP) is 3.66. The third-order valence-corrected chi connectivity index (χ3v) is 4.63. The molecule has 1 fully saturated rings. The molecule has 2 aromatic rings. The molecule has 5 heteroatoms. The van der Waals surface area contributed by atoms with Crippen LogP contribution in [-0.2, 0) is 17.7 Å². The summed E-state index contributed by atoms with van der Waals surface area (Å²) < 4.78 is 23.2. The largest absolute Gasteiger partial charge is 0.463 e. The van der Waals surface area contributed by atoms with Crippen LogP contribution in [0, 0.1) is 11.7 Å². The molecular formula is C19H22FNO3. The Bertz CT molecular complexity index is 689. The van der Waals surface area contributed by atoms with Gasteiger partial charge in [0.15, 0.2) is 0 Å². The molecule has 1 aliphatic rings. The van der Waals surface area contributed by atoms with E-state index in [0.29, 0.717) is 18.2 Å². The van der Waals surface area contributed by atoms with Gasteiger partial charge in [0.1, 0.15) is 5.82 Å². The second kappa shape index (κ2) is 7.62. The van der Waals surface area contributed by atoms with E-state index in [1.54, 1.807) is 12.1 Å². The lowest BCUT2D eigenvalue weighted by Crippen LogP contribution is -2.34. The van der Waals surface area contributed by atoms with Gasteiger partial charge in [0, 0.05) is 12.1 Å². The summed E-state index contributed by atoms with van der Waals surface area (Å²) in [5, 5.41) is 0. The monoisotopic (exact) mass is 331 g/mol. The normalized spacial score (nSPS) is 16.2. The molecule has 128 valence electrons. The highest BCUT2D eigenvalue weighted by atomic mass is 19.1. The molecule has 0 radical (unpaired) electrons. The van der Waals surface area contributed by atoms with Crippen molar-refractivity contribution in [1.82, 2.24) is 4.90 Å². The lowest BCUT2D eigenvalue weighted by molar-refractivity contribution is 0.0561. The van der Waals surface area contributed by atoms with E-state index in [1.165, 1.54) is 19.4 Å². The average molecular weight is 331 g/mol. The first-order chi connectivity index (χ1) is 11.7. The molecule has 0 atom stereocenters. The molecular weight excluding hydrogens is 309 g/mol. The Morgan fingerprint density at radius 1 is 1.33 bits per heavy atom. The number of benzene rings is 1. The molecule has 4 nitrogen and oxygen atoms in total. The second-order valence-electron chi connectivity index (χ2n) is 6.32. The van der Waals surface area contributed by atoms with Gasteiger partial charge in [0.05, 0.1) is 13.4 Å². The molecule has 1 aromatic heterocycles. The third kappa shape index (κ3) is 4.03. The van der Waals surface area contributed by atoms with E-state index in [2.05, 4.69) is 4.90 Å². The highest BCUT2D eigenvalue weighted by Crippen LogP contribution is 2.24. The van der Waals surface area contributed by atoms with Crippen molar-refractivity contribution in [3.8, 4) is 0 Å². The molecule has 0 amide bonds. The van der Waals surface area contributed by atoms with Gasteiger partial charge in [0.2, 0.25) is 5.76 Å². The van der Waals surface area contributed by atoms with E-state index >= 15 is 0 Å². The minimum Gasteiger partial charge on any atom is -0.463 e. The minimum atomic E-state index is -0.434. The first kappa shape index (κ1) is 16.7. The molecule has 0 saturated carbocycles. The molecule has 0 unspecified atom stereocenters. The Morgan fingerprint density at radius 2 is 2.12 bits per heavy atom. The summed E-state index contributed by atoms with van der Waals surface area (Å²) in [5.74, 6) is 0.267. The first-order valence-corrected chi connectivity index (χ1v) is 8.27. The number of rotatable bonds is 5. The number of carbonyl (C=O) groups excluding carboxylic acids is 1. The van der Waals surface area contributed by atoms with Crippen LogP contribution in [-0.4, -0.2) is 31.1 Å². The molecule has 24 heavy (non-hydrogen) atoms. The van der Waals surface area contributed by atoms with E-state index in [0.717, 1.165) is 43.5 Å². The van der Waals surface area contributed by atoms with Crippen LogP contribution in [0.3, 0.4) is 0 Å². The molecule has 0 N–H and O–H groups in total. The molecule has 0 spiro atoms. The second-order valence-corrected chi connectivity index (χ2v) is 6.32. The number of ether oxygens (including phenoxy) is 1. The summed E-state index contributed by atoms with van der Waals surface area (Å²) >= 11 is 0. The van der Waals surface area contributed by atoms with Gasteiger partial charge in [-0.05, 0) is 62.0 Å². The van der Waals surface area contributed by atoms with Crippen molar-refractivity contribution in [1.29, 1.82) is 0 Å². The van der Waals surface area contributed by atoms with Crippen molar-refractivity contribution in [3.05, 3.63) is 59.3 Å². The van der Waals surface area contributed by atoms with Crippen molar-refractivity contribution in [3.63, 3.8) is 0 Å². The third-order valence-electron chi connectivity index (χ3n) is 4.63. The molecule has 0 bridgehead atoms. The number of nitrogens with zero attached hydrogens (tertiary/aromatic N) is 1. The molecule has 1 aromatic carbocycles.